The van der Waals surface area contributed by atoms with Crippen molar-refractivity contribution in [1.29, 1.82) is 0 Å². The first-order valence-corrected chi connectivity index (χ1v) is 9.45. The Bertz CT molecular complexity index is 1020. The maximum Gasteiger partial charge on any atom is 0.247 e. The van der Waals surface area contributed by atoms with E-state index in [0.29, 0.717) is 28.5 Å². The van der Waals surface area contributed by atoms with Crippen molar-refractivity contribution in [2.24, 2.45) is 0 Å². The molecule has 0 saturated heterocycles. The Morgan fingerprint density at radius 3 is 2.46 bits per heavy atom. The Balaban J connectivity index is 1.47. The van der Waals surface area contributed by atoms with Gasteiger partial charge in [-0.25, -0.2) is 4.68 Å². The van der Waals surface area contributed by atoms with E-state index in [4.69, 9.17) is 10.3 Å². The van der Waals surface area contributed by atoms with E-state index in [-0.39, 0.29) is 0 Å². The quantitative estimate of drug-likeness (QED) is 0.381. The molecule has 2 aromatic carbocycles. The van der Waals surface area contributed by atoms with Crippen LogP contribution in [0.25, 0.3) is 22.8 Å². The van der Waals surface area contributed by atoms with Crippen LogP contribution in [-0.4, -0.2) is 25.1 Å². The van der Waals surface area contributed by atoms with Gasteiger partial charge in [0.25, 0.3) is 0 Å². The van der Waals surface area contributed by atoms with Gasteiger partial charge in [0, 0.05) is 15.6 Å². The van der Waals surface area contributed by atoms with Gasteiger partial charge in [-0.15, -0.1) is 20.4 Å². The first kappa shape index (κ1) is 16.8. The maximum absolute atomic E-state index is 6.11. The van der Waals surface area contributed by atoms with Crippen molar-refractivity contribution in [3.8, 4) is 22.8 Å². The summed E-state index contributed by atoms with van der Waals surface area (Å²) in [7, 11) is 0. The van der Waals surface area contributed by atoms with Crippen molar-refractivity contribution >= 4 is 27.7 Å². The van der Waals surface area contributed by atoms with E-state index in [1.165, 1.54) is 16.4 Å². The third-order valence-corrected chi connectivity index (χ3v) is 5.04. The van der Waals surface area contributed by atoms with E-state index in [2.05, 4.69) is 36.3 Å². The van der Waals surface area contributed by atoms with Gasteiger partial charge in [-0.2, -0.15) is 0 Å². The Morgan fingerprint density at radius 1 is 0.923 bits per heavy atom. The van der Waals surface area contributed by atoms with Crippen LogP contribution in [0, 0.1) is 0 Å². The zero-order chi connectivity index (χ0) is 17.9. The summed E-state index contributed by atoms with van der Waals surface area (Å²) >= 11 is 4.79. The smallest absolute Gasteiger partial charge is 0.247 e. The number of nitrogen functional groups attached to an aromatic ring is 1. The SMILES string of the molecule is Nn1c(SCc2nnc(-c3ccc(Br)cc3)o2)nnc1-c1ccccc1. The van der Waals surface area contributed by atoms with Gasteiger partial charge in [0.1, 0.15) is 0 Å². The number of aromatic nitrogens is 5. The van der Waals surface area contributed by atoms with Crippen LogP contribution in [0.5, 0.6) is 0 Å². The number of hydrogen-bond donors (Lipinski definition) is 1. The summed E-state index contributed by atoms with van der Waals surface area (Å²) in [6, 6.07) is 17.3. The molecule has 0 spiro atoms. The molecular weight excluding hydrogens is 416 g/mol. The van der Waals surface area contributed by atoms with E-state index in [0.717, 1.165) is 15.6 Å². The van der Waals surface area contributed by atoms with Crippen LogP contribution in [0.3, 0.4) is 0 Å². The second kappa shape index (κ2) is 7.30. The molecule has 4 aromatic rings. The van der Waals surface area contributed by atoms with Crippen LogP contribution in [-0.2, 0) is 5.75 Å². The average molecular weight is 429 g/mol. The summed E-state index contributed by atoms with van der Waals surface area (Å²) < 4.78 is 8.16. The third-order valence-electron chi connectivity index (χ3n) is 3.58. The summed E-state index contributed by atoms with van der Waals surface area (Å²) in [5, 5.41) is 17.0. The van der Waals surface area contributed by atoms with Gasteiger partial charge in [0.15, 0.2) is 5.82 Å². The van der Waals surface area contributed by atoms with Crippen LogP contribution < -0.4 is 5.84 Å². The highest BCUT2D eigenvalue weighted by molar-refractivity contribution is 9.10. The molecule has 0 saturated carbocycles. The molecule has 7 nitrogen and oxygen atoms in total. The largest absolute Gasteiger partial charge is 0.420 e. The molecule has 0 atom stereocenters. The zero-order valence-electron chi connectivity index (χ0n) is 13.4. The normalized spacial score (nSPS) is 11.0. The summed E-state index contributed by atoms with van der Waals surface area (Å²) in [5.74, 6) is 8.14. The lowest BCUT2D eigenvalue weighted by atomic mass is 10.2. The van der Waals surface area contributed by atoms with Crippen LogP contribution in [0.1, 0.15) is 5.89 Å². The van der Waals surface area contributed by atoms with Crippen LogP contribution in [0.2, 0.25) is 0 Å². The van der Waals surface area contributed by atoms with Crippen molar-refractivity contribution in [3.05, 3.63) is 65.0 Å². The molecule has 2 aromatic heterocycles. The van der Waals surface area contributed by atoms with Crippen LogP contribution >= 0.6 is 27.7 Å². The predicted molar refractivity (Wildman–Crippen MR) is 103 cm³/mol. The monoisotopic (exact) mass is 428 g/mol. The minimum absolute atomic E-state index is 0.452. The zero-order valence-corrected chi connectivity index (χ0v) is 15.8. The molecular formula is C17H13BrN6OS. The Morgan fingerprint density at radius 2 is 1.69 bits per heavy atom. The van der Waals surface area contributed by atoms with Crippen molar-refractivity contribution in [3.63, 3.8) is 0 Å². The molecule has 0 radical (unpaired) electrons. The molecule has 130 valence electrons. The topological polar surface area (TPSA) is 95.7 Å². The van der Waals surface area contributed by atoms with Crippen LogP contribution in [0.4, 0.5) is 0 Å². The minimum atomic E-state index is 0.452. The van der Waals surface area contributed by atoms with Crippen molar-refractivity contribution < 1.29 is 4.42 Å². The Kier molecular flexibility index (Phi) is 4.72. The second-order valence-electron chi connectivity index (χ2n) is 5.34. The number of benzene rings is 2. The number of rotatable bonds is 5. The average Bonchev–Trinajstić information content (AvgIpc) is 3.28. The Hall–Kier alpha value is -2.65. The molecule has 26 heavy (non-hydrogen) atoms. The standard InChI is InChI=1S/C17H13BrN6OS/c18-13-8-6-12(7-9-13)16-22-20-14(25-16)10-26-17-23-21-15(24(17)19)11-4-2-1-3-5-11/h1-9H,10,19H2. The van der Waals surface area contributed by atoms with E-state index < -0.39 is 0 Å². The van der Waals surface area contributed by atoms with Gasteiger partial charge in [-0.3, -0.25) is 0 Å². The van der Waals surface area contributed by atoms with Gasteiger partial charge in [-0.05, 0) is 24.3 Å². The molecule has 9 heteroatoms. The lowest BCUT2D eigenvalue weighted by molar-refractivity contribution is 0.528. The first-order valence-electron chi connectivity index (χ1n) is 7.68. The predicted octanol–water partition coefficient (Wildman–Crippen LogP) is 3.76. The number of thioether (sulfide) groups is 1. The maximum atomic E-state index is 6.11. The molecule has 0 amide bonds. The third kappa shape index (κ3) is 3.49. The summed E-state index contributed by atoms with van der Waals surface area (Å²) in [6.45, 7) is 0. The lowest BCUT2D eigenvalue weighted by Gasteiger charge is -2.02. The van der Waals surface area contributed by atoms with Gasteiger partial charge in [0.05, 0.1) is 5.75 Å². The highest BCUT2D eigenvalue weighted by Crippen LogP contribution is 2.26. The fourth-order valence-corrected chi connectivity index (χ4v) is 3.26. The number of hydrogen-bond acceptors (Lipinski definition) is 7. The highest BCUT2D eigenvalue weighted by Gasteiger charge is 2.14. The number of nitrogens with two attached hydrogens (primary N) is 1. The van der Waals surface area contributed by atoms with Gasteiger partial charge in [-0.1, -0.05) is 58.0 Å². The molecule has 4 rings (SSSR count). The number of nitrogens with zero attached hydrogens (tertiary/aromatic N) is 5. The molecule has 0 bridgehead atoms. The molecule has 0 aliphatic heterocycles. The molecule has 0 fully saturated rings. The first-order chi connectivity index (χ1) is 12.7. The van der Waals surface area contributed by atoms with Gasteiger partial charge >= 0.3 is 0 Å². The number of halogens is 1. The van der Waals surface area contributed by atoms with Crippen molar-refractivity contribution in [2.45, 2.75) is 10.9 Å². The van der Waals surface area contributed by atoms with E-state index in [1.807, 2.05) is 54.6 Å². The molecule has 0 aliphatic carbocycles. The van der Waals surface area contributed by atoms with E-state index in [1.54, 1.807) is 0 Å². The molecule has 0 unspecified atom stereocenters. The summed E-state index contributed by atoms with van der Waals surface area (Å²) in [4.78, 5) is 0. The van der Waals surface area contributed by atoms with Gasteiger partial charge in [0.2, 0.25) is 16.9 Å². The lowest BCUT2D eigenvalue weighted by Crippen LogP contribution is -2.11. The summed E-state index contributed by atoms with van der Waals surface area (Å²) in [5.41, 5.74) is 1.77. The fourth-order valence-electron chi connectivity index (χ4n) is 2.31. The van der Waals surface area contributed by atoms with Crippen molar-refractivity contribution in [1.82, 2.24) is 25.1 Å². The van der Waals surface area contributed by atoms with Gasteiger partial charge < -0.3 is 10.3 Å². The minimum Gasteiger partial charge on any atom is -0.420 e. The fraction of sp³-hybridized carbons (Fsp3) is 0.0588. The molecule has 2 N–H and O–H groups in total. The van der Waals surface area contributed by atoms with E-state index >= 15 is 0 Å². The molecule has 2 heterocycles. The van der Waals surface area contributed by atoms with E-state index in [9.17, 15) is 0 Å². The van der Waals surface area contributed by atoms with Crippen molar-refractivity contribution in [2.75, 3.05) is 5.84 Å². The molecule has 0 aliphatic rings. The highest BCUT2D eigenvalue weighted by atomic mass is 79.9. The van der Waals surface area contributed by atoms with Crippen LogP contribution in [0.15, 0.2) is 68.6 Å². The second-order valence-corrected chi connectivity index (χ2v) is 7.20. The Labute approximate surface area is 161 Å². The summed E-state index contributed by atoms with van der Waals surface area (Å²) in [6.07, 6.45) is 0.